The molecular weight excluding hydrogens is 274 g/mol. The number of anilines is 2. The maximum atomic E-state index is 4.44. The van der Waals surface area contributed by atoms with Crippen molar-refractivity contribution in [1.29, 1.82) is 0 Å². The van der Waals surface area contributed by atoms with Gasteiger partial charge in [0.05, 0.1) is 0 Å². The van der Waals surface area contributed by atoms with E-state index in [-0.39, 0.29) is 0 Å². The van der Waals surface area contributed by atoms with E-state index in [0.29, 0.717) is 5.78 Å². The van der Waals surface area contributed by atoms with Gasteiger partial charge in [0, 0.05) is 16.9 Å². The largest absolute Gasteiger partial charge is 0.340 e. The lowest BCUT2D eigenvalue weighted by Crippen LogP contribution is -2.06. The number of aromatic nitrogens is 4. The summed E-state index contributed by atoms with van der Waals surface area (Å²) in [5.41, 5.74) is 3.03. The molecule has 4 rings (SSSR count). The van der Waals surface area contributed by atoms with Gasteiger partial charge in [0.15, 0.2) is 0 Å². The highest BCUT2D eigenvalue weighted by Crippen LogP contribution is 2.25. The molecule has 0 saturated carbocycles. The van der Waals surface area contributed by atoms with Crippen LogP contribution in [0.2, 0.25) is 0 Å². The van der Waals surface area contributed by atoms with Gasteiger partial charge in [-0.25, -0.2) is 4.98 Å². The fraction of sp³-hybridized carbons (Fsp3) is 0.118. The van der Waals surface area contributed by atoms with Crippen molar-refractivity contribution in [3.63, 3.8) is 0 Å². The Hall–Kier alpha value is -2.95. The van der Waals surface area contributed by atoms with Crippen LogP contribution in [0.1, 0.15) is 11.3 Å². The maximum Gasteiger partial charge on any atom is 0.254 e. The molecule has 0 unspecified atom stereocenters. The third-order valence-electron chi connectivity index (χ3n) is 3.92. The molecule has 0 aliphatic carbocycles. The van der Waals surface area contributed by atoms with E-state index in [1.54, 1.807) is 4.52 Å². The molecule has 0 fully saturated rings. The van der Waals surface area contributed by atoms with Gasteiger partial charge in [0.2, 0.25) is 0 Å². The molecular formula is C17H15N5. The Kier molecular flexibility index (Phi) is 2.79. The highest BCUT2D eigenvalue weighted by atomic mass is 15.4. The Morgan fingerprint density at radius 2 is 1.82 bits per heavy atom. The third kappa shape index (κ3) is 1.98. The molecule has 4 aromatic rings. The van der Waals surface area contributed by atoms with Crippen LogP contribution in [0.25, 0.3) is 16.6 Å². The lowest BCUT2D eigenvalue weighted by Gasteiger charge is -2.13. The van der Waals surface area contributed by atoms with Gasteiger partial charge in [-0.2, -0.15) is 14.6 Å². The van der Waals surface area contributed by atoms with Crippen molar-refractivity contribution in [3.8, 4) is 0 Å². The molecule has 0 radical (unpaired) electrons. The van der Waals surface area contributed by atoms with Crippen LogP contribution in [0.15, 0.2) is 48.8 Å². The van der Waals surface area contributed by atoms with E-state index in [9.17, 15) is 0 Å². The van der Waals surface area contributed by atoms with E-state index in [4.69, 9.17) is 0 Å². The third-order valence-corrected chi connectivity index (χ3v) is 3.92. The summed E-state index contributed by atoms with van der Waals surface area (Å²) in [6.45, 7) is 4.02. The van der Waals surface area contributed by atoms with E-state index < -0.39 is 0 Å². The van der Waals surface area contributed by atoms with Gasteiger partial charge in [-0.1, -0.05) is 30.3 Å². The standard InChI is InChI=1S/C17H15N5/c1-11-12(2)20-17-18-10-19-22(17)16(11)21-15-8-7-13-5-3-4-6-14(13)9-15/h3-10,21H,1-2H3. The molecule has 1 N–H and O–H groups in total. The van der Waals surface area contributed by atoms with Crippen molar-refractivity contribution in [3.05, 3.63) is 60.0 Å². The molecule has 2 aromatic heterocycles. The summed E-state index contributed by atoms with van der Waals surface area (Å²) >= 11 is 0. The lowest BCUT2D eigenvalue weighted by molar-refractivity contribution is 0.923. The van der Waals surface area contributed by atoms with Crippen LogP contribution >= 0.6 is 0 Å². The molecule has 0 aliphatic rings. The van der Waals surface area contributed by atoms with Gasteiger partial charge < -0.3 is 5.32 Å². The van der Waals surface area contributed by atoms with Crippen LogP contribution in [-0.4, -0.2) is 19.6 Å². The number of rotatable bonds is 2. The van der Waals surface area contributed by atoms with Crippen LogP contribution in [0.5, 0.6) is 0 Å². The van der Waals surface area contributed by atoms with Crippen molar-refractivity contribution < 1.29 is 0 Å². The lowest BCUT2D eigenvalue weighted by atomic mass is 10.1. The Morgan fingerprint density at radius 1 is 1.00 bits per heavy atom. The Bertz CT molecular complexity index is 987. The number of nitrogens with one attached hydrogen (secondary N) is 1. The maximum absolute atomic E-state index is 4.44. The van der Waals surface area contributed by atoms with E-state index in [0.717, 1.165) is 22.8 Å². The predicted octanol–water partition coefficient (Wildman–Crippen LogP) is 3.64. The summed E-state index contributed by atoms with van der Waals surface area (Å²) in [5, 5.41) is 10.1. The van der Waals surface area contributed by atoms with Crippen LogP contribution < -0.4 is 5.32 Å². The molecule has 2 heterocycles. The van der Waals surface area contributed by atoms with Crippen molar-refractivity contribution in [2.24, 2.45) is 0 Å². The number of fused-ring (bicyclic) bond motifs is 2. The normalized spacial score (nSPS) is 11.2. The van der Waals surface area contributed by atoms with Gasteiger partial charge >= 0.3 is 0 Å². The molecule has 0 bridgehead atoms. The molecule has 22 heavy (non-hydrogen) atoms. The number of aryl methyl sites for hydroxylation is 1. The number of nitrogens with zero attached hydrogens (tertiary/aromatic N) is 4. The van der Waals surface area contributed by atoms with Crippen LogP contribution in [0.4, 0.5) is 11.5 Å². The van der Waals surface area contributed by atoms with E-state index >= 15 is 0 Å². The molecule has 5 nitrogen and oxygen atoms in total. The molecule has 108 valence electrons. The average molecular weight is 289 g/mol. The Morgan fingerprint density at radius 3 is 2.68 bits per heavy atom. The zero-order chi connectivity index (χ0) is 15.1. The van der Waals surface area contributed by atoms with Gasteiger partial charge in [0.1, 0.15) is 12.1 Å². The van der Waals surface area contributed by atoms with Crippen molar-refractivity contribution in [2.45, 2.75) is 13.8 Å². The van der Waals surface area contributed by atoms with Gasteiger partial charge in [-0.15, -0.1) is 0 Å². The van der Waals surface area contributed by atoms with E-state index in [1.165, 1.54) is 17.1 Å². The molecule has 0 saturated heterocycles. The average Bonchev–Trinajstić information content (AvgIpc) is 2.99. The van der Waals surface area contributed by atoms with E-state index in [1.807, 2.05) is 26.0 Å². The van der Waals surface area contributed by atoms with Crippen molar-refractivity contribution >= 4 is 28.1 Å². The van der Waals surface area contributed by atoms with Gasteiger partial charge in [-0.3, -0.25) is 0 Å². The zero-order valence-electron chi connectivity index (χ0n) is 12.4. The van der Waals surface area contributed by atoms with Gasteiger partial charge in [-0.05, 0) is 36.8 Å². The summed E-state index contributed by atoms with van der Waals surface area (Å²) in [4.78, 5) is 8.61. The van der Waals surface area contributed by atoms with Crippen LogP contribution in [-0.2, 0) is 0 Å². The SMILES string of the molecule is Cc1nc2ncnn2c(Nc2ccc3ccccc3c2)c1C. The first-order valence-corrected chi connectivity index (χ1v) is 7.15. The fourth-order valence-corrected chi connectivity index (χ4v) is 2.58. The zero-order valence-corrected chi connectivity index (χ0v) is 12.4. The fourth-order valence-electron chi connectivity index (χ4n) is 2.58. The van der Waals surface area contributed by atoms with Crippen LogP contribution in [0, 0.1) is 13.8 Å². The first-order valence-electron chi connectivity index (χ1n) is 7.15. The monoisotopic (exact) mass is 289 g/mol. The molecule has 0 aliphatic heterocycles. The molecule has 2 aromatic carbocycles. The van der Waals surface area contributed by atoms with Crippen molar-refractivity contribution in [2.75, 3.05) is 5.32 Å². The first kappa shape index (κ1) is 12.8. The Balaban J connectivity index is 1.85. The van der Waals surface area contributed by atoms with Crippen LogP contribution in [0.3, 0.4) is 0 Å². The predicted molar refractivity (Wildman–Crippen MR) is 87.5 cm³/mol. The summed E-state index contributed by atoms with van der Waals surface area (Å²) < 4.78 is 1.73. The summed E-state index contributed by atoms with van der Waals surface area (Å²) in [6.07, 6.45) is 1.52. The highest BCUT2D eigenvalue weighted by Gasteiger charge is 2.11. The topological polar surface area (TPSA) is 55.1 Å². The number of benzene rings is 2. The van der Waals surface area contributed by atoms with Crippen molar-refractivity contribution in [1.82, 2.24) is 19.6 Å². The second-order valence-electron chi connectivity index (χ2n) is 5.33. The molecule has 0 spiro atoms. The summed E-state index contributed by atoms with van der Waals surface area (Å²) in [7, 11) is 0. The summed E-state index contributed by atoms with van der Waals surface area (Å²) in [5.74, 6) is 1.50. The molecule has 0 atom stereocenters. The van der Waals surface area contributed by atoms with E-state index in [2.05, 4.69) is 50.7 Å². The smallest absolute Gasteiger partial charge is 0.254 e. The second kappa shape index (κ2) is 4.80. The van der Waals surface area contributed by atoms with Gasteiger partial charge in [0.25, 0.3) is 5.78 Å². The number of hydrogen-bond donors (Lipinski definition) is 1. The minimum atomic E-state index is 0.603. The highest BCUT2D eigenvalue weighted by molar-refractivity contribution is 5.86. The number of hydrogen-bond acceptors (Lipinski definition) is 4. The summed E-state index contributed by atoms with van der Waals surface area (Å²) in [6, 6.07) is 14.6. The molecule has 0 amide bonds. The Labute approximate surface area is 127 Å². The first-order chi connectivity index (χ1) is 10.7. The minimum Gasteiger partial charge on any atom is -0.340 e. The second-order valence-corrected chi connectivity index (χ2v) is 5.33. The quantitative estimate of drug-likeness (QED) is 0.612. The molecule has 5 heteroatoms. The minimum absolute atomic E-state index is 0.603.